The number of ether oxygens (including phenoxy) is 1. The molecule has 0 radical (unpaired) electrons. The van der Waals surface area contributed by atoms with E-state index in [1.54, 1.807) is 7.11 Å². The molecule has 1 aromatic heterocycles. The summed E-state index contributed by atoms with van der Waals surface area (Å²) in [4.78, 5) is 14.8. The van der Waals surface area contributed by atoms with Crippen LogP contribution in [0.5, 0.6) is 5.75 Å². The van der Waals surface area contributed by atoms with Crippen LogP contribution in [0.25, 0.3) is 0 Å². The summed E-state index contributed by atoms with van der Waals surface area (Å²) < 4.78 is 7.25. The summed E-state index contributed by atoms with van der Waals surface area (Å²) in [7, 11) is 1.64. The van der Waals surface area contributed by atoms with Gasteiger partial charge in [0.15, 0.2) is 0 Å². The zero-order valence-electron chi connectivity index (χ0n) is 21.3. The van der Waals surface area contributed by atoms with Crippen molar-refractivity contribution in [3.63, 3.8) is 0 Å². The summed E-state index contributed by atoms with van der Waals surface area (Å²) >= 11 is 0. The molecule has 7 heteroatoms. The number of nitrogens with one attached hydrogen (secondary N) is 2. The van der Waals surface area contributed by atoms with Crippen molar-refractivity contribution >= 4 is 17.3 Å². The van der Waals surface area contributed by atoms with E-state index in [0.717, 1.165) is 61.7 Å². The van der Waals surface area contributed by atoms with Crippen LogP contribution < -0.4 is 20.3 Å². The van der Waals surface area contributed by atoms with Gasteiger partial charge in [0, 0.05) is 54.9 Å². The van der Waals surface area contributed by atoms with E-state index in [1.807, 2.05) is 36.4 Å². The average molecular weight is 476 g/mol. The van der Waals surface area contributed by atoms with Crippen molar-refractivity contribution in [2.75, 3.05) is 30.4 Å². The molecule has 1 saturated heterocycles. The summed E-state index contributed by atoms with van der Waals surface area (Å²) in [5.41, 5.74) is 6.71. The van der Waals surface area contributed by atoms with Crippen LogP contribution in [0.1, 0.15) is 42.3 Å². The van der Waals surface area contributed by atoms with Gasteiger partial charge in [-0.05, 0) is 75.6 Å². The van der Waals surface area contributed by atoms with Crippen LogP contribution in [0.2, 0.25) is 0 Å². The normalized spacial score (nSPS) is 14.2. The molecule has 1 aliphatic heterocycles. The van der Waals surface area contributed by atoms with Crippen LogP contribution in [0.4, 0.5) is 11.4 Å². The second kappa shape index (κ2) is 11.4. The van der Waals surface area contributed by atoms with Gasteiger partial charge >= 0.3 is 0 Å². The van der Waals surface area contributed by atoms with Gasteiger partial charge in [0.1, 0.15) is 5.75 Å². The molecule has 3 aromatic rings. The van der Waals surface area contributed by atoms with Crippen LogP contribution in [-0.4, -0.2) is 41.9 Å². The molecule has 2 aromatic carbocycles. The van der Waals surface area contributed by atoms with Gasteiger partial charge in [-0.2, -0.15) is 5.10 Å². The Morgan fingerprint density at radius 1 is 1.06 bits per heavy atom. The minimum absolute atomic E-state index is 0.0234. The largest absolute Gasteiger partial charge is 0.497 e. The first-order valence-electron chi connectivity index (χ1n) is 12.5. The first-order valence-corrected chi connectivity index (χ1v) is 12.5. The Bertz CT molecular complexity index is 1110. The molecule has 35 heavy (non-hydrogen) atoms. The van der Waals surface area contributed by atoms with Crippen LogP contribution in [0.15, 0.2) is 48.5 Å². The van der Waals surface area contributed by atoms with Crippen LogP contribution >= 0.6 is 0 Å². The van der Waals surface area contributed by atoms with E-state index in [1.165, 1.54) is 16.9 Å². The number of anilines is 2. The lowest BCUT2D eigenvalue weighted by molar-refractivity contribution is -0.115. The quantitative estimate of drug-likeness (QED) is 0.478. The van der Waals surface area contributed by atoms with Crippen molar-refractivity contribution in [1.29, 1.82) is 0 Å². The van der Waals surface area contributed by atoms with E-state index in [-0.39, 0.29) is 5.91 Å². The van der Waals surface area contributed by atoms with Crippen LogP contribution in [0, 0.1) is 13.8 Å². The zero-order chi connectivity index (χ0) is 24.8. The van der Waals surface area contributed by atoms with Gasteiger partial charge in [-0.3, -0.25) is 9.48 Å². The van der Waals surface area contributed by atoms with E-state index in [2.05, 4.69) is 58.2 Å². The molecule has 1 amide bonds. The molecule has 1 aliphatic rings. The maximum Gasteiger partial charge on any atom is 0.228 e. The molecule has 0 saturated carbocycles. The number of methoxy groups -OCH3 is 1. The minimum atomic E-state index is -0.0234. The fourth-order valence-electron chi connectivity index (χ4n) is 4.78. The third-order valence-electron chi connectivity index (χ3n) is 6.93. The van der Waals surface area contributed by atoms with Crippen molar-refractivity contribution in [3.8, 4) is 5.75 Å². The van der Waals surface area contributed by atoms with Gasteiger partial charge in [-0.15, -0.1) is 0 Å². The highest BCUT2D eigenvalue weighted by Crippen LogP contribution is 2.23. The molecule has 2 heterocycles. The number of nitrogens with zero attached hydrogens (tertiary/aromatic N) is 3. The molecule has 1 fully saturated rings. The van der Waals surface area contributed by atoms with Crippen molar-refractivity contribution in [1.82, 2.24) is 15.1 Å². The molecular weight excluding hydrogens is 438 g/mol. The van der Waals surface area contributed by atoms with Gasteiger partial charge in [-0.25, -0.2) is 0 Å². The van der Waals surface area contributed by atoms with Crippen molar-refractivity contribution in [2.24, 2.45) is 0 Å². The first kappa shape index (κ1) is 24.8. The van der Waals surface area contributed by atoms with Gasteiger partial charge in [0.25, 0.3) is 0 Å². The van der Waals surface area contributed by atoms with E-state index < -0.39 is 0 Å². The number of carbonyl (C=O) groups is 1. The molecule has 7 nitrogen and oxygen atoms in total. The average Bonchev–Trinajstić information content (AvgIpc) is 3.16. The Hall–Kier alpha value is -3.32. The topological polar surface area (TPSA) is 71.4 Å². The molecule has 2 N–H and O–H groups in total. The Morgan fingerprint density at radius 3 is 2.34 bits per heavy atom. The number of hydrogen-bond acceptors (Lipinski definition) is 5. The maximum atomic E-state index is 12.4. The van der Waals surface area contributed by atoms with Crippen molar-refractivity contribution < 1.29 is 9.53 Å². The molecule has 0 atom stereocenters. The molecule has 0 bridgehead atoms. The van der Waals surface area contributed by atoms with E-state index in [9.17, 15) is 4.79 Å². The number of benzene rings is 2. The third-order valence-corrected chi connectivity index (χ3v) is 6.93. The smallest absolute Gasteiger partial charge is 0.228 e. The highest BCUT2D eigenvalue weighted by atomic mass is 16.5. The van der Waals surface area contributed by atoms with Gasteiger partial charge in [0.05, 0.1) is 19.2 Å². The molecule has 0 aliphatic carbocycles. The number of amides is 1. The van der Waals surface area contributed by atoms with Gasteiger partial charge < -0.3 is 20.3 Å². The SMILES string of the molecule is CCn1nc(C)c(CNC2CCN(c3ccc(NC(=O)Cc4ccc(OC)cc4)cc3)CC2)c1C. The number of aryl methyl sites for hydroxylation is 2. The van der Waals surface area contributed by atoms with E-state index >= 15 is 0 Å². The summed E-state index contributed by atoms with van der Waals surface area (Å²) in [6.45, 7) is 10.2. The number of hydrogen-bond donors (Lipinski definition) is 2. The van der Waals surface area contributed by atoms with Crippen LogP contribution in [0.3, 0.4) is 0 Å². The second-order valence-corrected chi connectivity index (χ2v) is 9.23. The predicted molar refractivity (Wildman–Crippen MR) is 141 cm³/mol. The van der Waals surface area contributed by atoms with Crippen molar-refractivity contribution in [3.05, 3.63) is 71.0 Å². The number of piperidine rings is 1. The lowest BCUT2D eigenvalue weighted by Gasteiger charge is -2.34. The number of aromatic nitrogens is 2. The Kier molecular flexibility index (Phi) is 8.08. The first-order chi connectivity index (χ1) is 17.0. The Labute approximate surface area is 208 Å². The lowest BCUT2D eigenvalue weighted by Crippen LogP contribution is -2.42. The summed E-state index contributed by atoms with van der Waals surface area (Å²) in [6.07, 6.45) is 2.56. The van der Waals surface area contributed by atoms with E-state index in [4.69, 9.17) is 4.74 Å². The highest BCUT2D eigenvalue weighted by molar-refractivity contribution is 5.92. The third kappa shape index (κ3) is 6.22. The summed E-state index contributed by atoms with van der Waals surface area (Å²) in [5, 5.41) is 11.4. The standard InChI is InChI=1S/C28H37N5O2/c1-5-33-21(3)27(20(2)31-33)19-29-23-14-16-32(17-15-23)25-10-8-24(9-11-25)30-28(34)18-22-6-12-26(35-4)13-7-22/h6-13,23,29H,5,14-19H2,1-4H3,(H,30,34). The fourth-order valence-corrected chi connectivity index (χ4v) is 4.78. The lowest BCUT2D eigenvalue weighted by atomic mass is 10.0. The summed E-state index contributed by atoms with van der Waals surface area (Å²) in [5.74, 6) is 0.767. The molecule has 0 spiro atoms. The second-order valence-electron chi connectivity index (χ2n) is 9.23. The van der Waals surface area contributed by atoms with Gasteiger partial charge in [-0.1, -0.05) is 12.1 Å². The van der Waals surface area contributed by atoms with Crippen molar-refractivity contribution in [2.45, 2.75) is 59.2 Å². The number of carbonyl (C=O) groups excluding carboxylic acids is 1. The Morgan fingerprint density at radius 2 is 1.74 bits per heavy atom. The van der Waals surface area contributed by atoms with Gasteiger partial charge in [0.2, 0.25) is 5.91 Å². The molecule has 186 valence electrons. The Balaban J connectivity index is 1.23. The molecule has 4 rings (SSSR count). The number of rotatable bonds is 9. The molecular formula is C28H37N5O2. The maximum absolute atomic E-state index is 12.4. The van der Waals surface area contributed by atoms with Crippen LogP contribution in [-0.2, 0) is 24.3 Å². The fraction of sp³-hybridized carbons (Fsp3) is 0.429. The van der Waals surface area contributed by atoms with E-state index in [0.29, 0.717) is 12.5 Å². The summed E-state index contributed by atoms with van der Waals surface area (Å²) in [6, 6.07) is 16.3. The monoisotopic (exact) mass is 475 g/mol. The minimum Gasteiger partial charge on any atom is -0.497 e. The highest BCUT2D eigenvalue weighted by Gasteiger charge is 2.20. The zero-order valence-corrected chi connectivity index (χ0v) is 21.3. The molecule has 0 unspecified atom stereocenters. The predicted octanol–water partition coefficient (Wildman–Crippen LogP) is 4.47.